The molecule has 0 saturated carbocycles. The molecule has 0 aliphatic carbocycles. The maximum atomic E-state index is 14.4. The van der Waals surface area contributed by atoms with Gasteiger partial charge in [-0.1, -0.05) is 44.2 Å². The topological polar surface area (TPSA) is 167 Å². The molecule has 3 aromatic rings. The van der Waals surface area contributed by atoms with Crippen molar-refractivity contribution in [1.29, 1.82) is 0 Å². The van der Waals surface area contributed by atoms with Crippen molar-refractivity contribution in [3.63, 3.8) is 0 Å². The second-order valence-corrected chi connectivity index (χ2v) is 16.7. The van der Waals surface area contributed by atoms with Gasteiger partial charge in [-0.3, -0.25) is 14.6 Å². The van der Waals surface area contributed by atoms with E-state index >= 15 is 0 Å². The van der Waals surface area contributed by atoms with Crippen molar-refractivity contribution in [2.24, 2.45) is 5.41 Å². The molecule has 0 spiro atoms. The van der Waals surface area contributed by atoms with Crippen LogP contribution >= 0.6 is 0 Å². The Kier molecular flexibility index (Phi) is 14.1. The zero-order valence-electron chi connectivity index (χ0n) is 34.1. The van der Waals surface area contributed by atoms with E-state index in [1.54, 1.807) is 31.4 Å². The fraction of sp³-hybridized carbons (Fsp3) is 0.595. The van der Waals surface area contributed by atoms with Crippen LogP contribution in [0.2, 0.25) is 0 Å². The highest BCUT2D eigenvalue weighted by Crippen LogP contribution is 2.43. The van der Waals surface area contributed by atoms with E-state index in [4.69, 9.17) is 14.2 Å². The molecule has 3 aliphatic heterocycles. The van der Waals surface area contributed by atoms with Gasteiger partial charge in [0.05, 0.1) is 18.8 Å². The summed E-state index contributed by atoms with van der Waals surface area (Å²) in [5.41, 5.74) is 5.44. The van der Waals surface area contributed by atoms with Gasteiger partial charge in [-0.05, 0) is 73.9 Å². The molecule has 0 radical (unpaired) electrons. The molecule has 2 amide bonds. The number of aliphatic carboxylic acids is 1. The van der Waals surface area contributed by atoms with E-state index in [2.05, 4.69) is 21.0 Å². The van der Waals surface area contributed by atoms with Crippen molar-refractivity contribution in [1.82, 2.24) is 25.6 Å². The van der Waals surface area contributed by atoms with Crippen LogP contribution in [-0.2, 0) is 43.4 Å². The third-order valence-corrected chi connectivity index (χ3v) is 11.7. The normalized spacial score (nSPS) is 22.6. The Balaban J connectivity index is 1.30. The number of nitrogens with one attached hydrogen (secondary N) is 3. The number of aliphatic hydroxyl groups excluding tert-OH is 1. The number of carboxylic acids is 1. The minimum Gasteiger partial charge on any atom is -0.480 e. The second-order valence-electron chi connectivity index (χ2n) is 16.7. The number of aromatic nitrogens is 1. The zero-order chi connectivity index (χ0) is 42.5. The number of alkyl carbamates (subject to hydrolysis) is 1. The number of fused-ring (bicyclic) bond motifs is 1. The molecule has 5 N–H and O–H groups in total. The number of benzene rings is 2. The molecule has 3 aliphatic rings. The molecule has 1 aromatic heterocycles. The van der Waals surface area contributed by atoms with Gasteiger partial charge < -0.3 is 44.5 Å². The van der Waals surface area contributed by atoms with E-state index in [0.29, 0.717) is 55.4 Å². The van der Waals surface area contributed by atoms with Crippen LogP contribution in [0.25, 0.3) is 10.9 Å². The third kappa shape index (κ3) is 10.9. The minimum absolute atomic E-state index is 0.0277. The smallest absolute Gasteiger partial charge is 0.408 e. The minimum atomic E-state index is -4.50. The highest BCUT2D eigenvalue weighted by Gasteiger charge is 2.41. The molecule has 3 fully saturated rings. The molecule has 6 rings (SSSR count). The number of hydrogen-bond acceptors (Lipinski definition) is 10. The van der Waals surface area contributed by atoms with Gasteiger partial charge in [0.1, 0.15) is 25.2 Å². The van der Waals surface area contributed by atoms with Crippen LogP contribution < -0.4 is 21.0 Å². The van der Waals surface area contributed by atoms with Crippen LogP contribution in [0, 0.1) is 5.41 Å². The average molecular weight is 831 g/mol. The first-order chi connectivity index (χ1) is 28.1. The quantitative estimate of drug-likeness (QED) is 0.144. The molecule has 324 valence electrons. The summed E-state index contributed by atoms with van der Waals surface area (Å²) in [7, 11) is 1.59. The van der Waals surface area contributed by atoms with Crippen LogP contribution in [0.1, 0.15) is 69.2 Å². The summed E-state index contributed by atoms with van der Waals surface area (Å²) in [5, 5.41) is 28.1. The Morgan fingerprint density at radius 3 is 2.54 bits per heavy atom. The monoisotopic (exact) mass is 830 g/mol. The third-order valence-electron chi connectivity index (χ3n) is 11.7. The second kappa shape index (κ2) is 18.9. The van der Waals surface area contributed by atoms with Crippen LogP contribution in [-0.4, -0.2) is 121 Å². The van der Waals surface area contributed by atoms with Crippen LogP contribution in [0.4, 0.5) is 23.7 Å². The number of hydrazine groups is 1. The first-order valence-corrected chi connectivity index (χ1v) is 20.3. The molecule has 17 heteroatoms. The molecule has 14 nitrogen and oxygen atoms in total. The van der Waals surface area contributed by atoms with Gasteiger partial charge in [0.25, 0.3) is 5.91 Å². The molecule has 3 saturated heterocycles. The SMILES string of the molecule is CO[C@@H](C)C1NCCC1c1c(CC(C)(C)CO)c2cc(N3CCO[C@@H](C[C@H](NC(=O)OCc4ccccc4)C(=O)N4CCC[C@@H](C(=O)O)N4)C3)ccc2n1CC(F)(F)F. The number of ether oxygens (including phenoxy) is 3. The van der Waals surface area contributed by atoms with Crippen molar-refractivity contribution >= 4 is 34.6 Å². The highest BCUT2D eigenvalue weighted by atomic mass is 19.4. The van der Waals surface area contributed by atoms with Crippen LogP contribution in [0.3, 0.4) is 0 Å². The summed E-state index contributed by atoms with van der Waals surface area (Å²) in [4.78, 5) is 40.9. The standard InChI is InChI=1S/C42H57F3N6O8/c1-26(57-4)36-30(14-15-46-36)37-32(21-41(2,3)25-52)31-19-28(12-13-35(31)50(37)24-42(43,44)45)49-17-18-58-29(22-49)20-34(38(53)51-16-8-11-33(48-51)39(54)55)47-40(56)59-23-27-9-6-5-7-10-27/h5-7,9-10,12-13,19,26,29-30,33-34,36,46,48,52H,8,11,14-18,20-25H2,1-4H3,(H,47,56)(H,54,55)/t26-,29-,30?,33-,34-,36?/m0/s1. The molecule has 4 heterocycles. The predicted molar refractivity (Wildman–Crippen MR) is 214 cm³/mol. The largest absolute Gasteiger partial charge is 0.480 e. The number of carbonyl (C=O) groups excluding carboxylic acids is 2. The predicted octanol–water partition coefficient (Wildman–Crippen LogP) is 4.72. The summed E-state index contributed by atoms with van der Waals surface area (Å²) in [5.74, 6) is -1.90. The first kappa shape index (κ1) is 44.1. The Morgan fingerprint density at radius 2 is 1.85 bits per heavy atom. The lowest BCUT2D eigenvalue weighted by Gasteiger charge is -2.38. The number of anilines is 1. The van der Waals surface area contributed by atoms with Crippen molar-refractivity contribution in [3.05, 3.63) is 65.4 Å². The van der Waals surface area contributed by atoms with E-state index in [9.17, 15) is 37.8 Å². The lowest BCUT2D eigenvalue weighted by molar-refractivity contribution is -0.148. The number of aliphatic hydroxyl groups is 1. The van der Waals surface area contributed by atoms with Gasteiger partial charge in [-0.15, -0.1) is 0 Å². The van der Waals surface area contributed by atoms with Crippen LogP contribution in [0.15, 0.2) is 48.5 Å². The number of alkyl halides is 3. The Bertz CT molecular complexity index is 1930. The van der Waals surface area contributed by atoms with E-state index in [0.717, 1.165) is 16.8 Å². The lowest BCUT2D eigenvalue weighted by Crippen LogP contribution is -2.60. The van der Waals surface area contributed by atoms with E-state index in [1.807, 2.05) is 45.0 Å². The number of hydrogen-bond donors (Lipinski definition) is 5. The number of carbonyl (C=O) groups is 3. The van der Waals surface area contributed by atoms with Gasteiger partial charge in [0.15, 0.2) is 0 Å². The maximum absolute atomic E-state index is 14.4. The van der Waals surface area contributed by atoms with Crippen molar-refractivity contribution < 1.29 is 52.0 Å². The number of carboxylic acid groups (broad SMARTS) is 1. The number of amides is 2. The summed E-state index contributed by atoms with van der Waals surface area (Å²) in [6.07, 6.45) is -4.39. The van der Waals surface area contributed by atoms with Crippen molar-refractivity contribution in [2.45, 2.75) is 108 Å². The molecule has 0 bridgehead atoms. The number of morpholine rings is 1. The fourth-order valence-corrected chi connectivity index (χ4v) is 8.60. The van der Waals surface area contributed by atoms with E-state index < -0.39 is 54.3 Å². The summed E-state index contributed by atoms with van der Waals surface area (Å²) < 4.78 is 61.9. The number of methoxy groups -OCH3 is 1. The lowest BCUT2D eigenvalue weighted by atomic mass is 9.82. The highest BCUT2D eigenvalue weighted by molar-refractivity contribution is 5.89. The van der Waals surface area contributed by atoms with Crippen LogP contribution in [0.5, 0.6) is 0 Å². The van der Waals surface area contributed by atoms with E-state index in [1.165, 1.54) is 9.58 Å². The van der Waals surface area contributed by atoms with Gasteiger partial charge in [0.2, 0.25) is 0 Å². The summed E-state index contributed by atoms with van der Waals surface area (Å²) >= 11 is 0. The molecule has 6 atom stereocenters. The maximum Gasteiger partial charge on any atom is 0.408 e. The fourth-order valence-electron chi connectivity index (χ4n) is 8.60. The number of nitrogens with zero attached hydrogens (tertiary/aromatic N) is 3. The van der Waals surface area contributed by atoms with Crippen molar-refractivity contribution in [2.75, 3.05) is 51.4 Å². The molecular formula is C42H57F3N6O8. The molecule has 59 heavy (non-hydrogen) atoms. The molecule has 2 aromatic carbocycles. The molecular weight excluding hydrogens is 773 g/mol. The number of halogens is 3. The van der Waals surface area contributed by atoms with Gasteiger partial charge >= 0.3 is 18.2 Å². The van der Waals surface area contributed by atoms with Gasteiger partial charge in [-0.2, -0.15) is 13.2 Å². The molecule has 2 unspecified atom stereocenters. The Labute approximate surface area is 342 Å². The number of rotatable bonds is 15. The average Bonchev–Trinajstić information content (AvgIpc) is 3.81. The van der Waals surface area contributed by atoms with Gasteiger partial charge in [-0.25, -0.2) is 10.2 Å². The zero-order valence-corrected chi connectivity index (χ0v) is 34.1. The van der Waals surface area contributed by atoms with E-state index in [-0.39, 0.29) is 57.4 Å². The Hall–Kier alpha value is -4.42. The van der Waals surface area contributed by atoms with Gasteiger partial charge in [0, 0.05) is 74.0 Å². The first-order valence-electron chi connectivity index (χ1n) is 20.3. The van der Waals surface area contributed by atoms with Crippen molar-refractivity contribution in [3.8, 4) is 0 Å². The summed E-state index contributed by atoms with van der Waals surface area (Å²) in [6.45, 7) is 6.21. The Morgan fingerprint density at radius 1 is 1.08 bits per heavy atom. The summed E-state index contributed by atoms with van der Waals surface area (Å²) in [6, 6.07) is 12.2.